The lowest BCUT2D eigenvalue weighted by atomic mass is 10.0. The zero-order valence-corrected chi connectivity index (χ0v) is 13.8. The van der Waals surface area contributed by atoms with Gasteiger partial charge >= 0.3 is 0 Å². The number of hydrogen-bond acceptors (Lipinski definition) is 2. The van der Waals surface area contributed by atoms with Crippen molar-refractivity contribution in [1.29, 1.82) is 0 Å². The Kier molecular flexibility index (Phi) is 8.26. The number of ether oxygens (including phenoxy) is 2. The Balaban J connectivity index is 2.34. The third-order valence-electron chi connectivity index (χ3n) is 3.68. The lowest BCUT2D eigenvalue weighted by Crippen LogP contribution is -2.21. The Bertz CT molecular complexity index is 311. The van der Waals surface area contributed by atoms with E-state index >= 15 is 0 Å². The van der Waals surface area contributed by atoms with Crippen LogP contribution in [0.2, 0.25) is 0 Å². The van der Waals surface area contributed by atoms with Crippen molar-refractivity contribution in [3.8, 4) is 11.8 Å². The molecule has 0 aliphatic carbocycles. The minimum absolute atomic E-state index is 0.153. The van der Waals surface area contributed by atoms with Gasteiger partial charge in [-0.15, -0.1) is 11.8 Å². The Morgan fingerprint density at radius 3 is 2.25 bits per heavy atom. The van der Waals surface area contributed by atoms with E-state index in [0.717, 1.165) is 25.7 Å². The van der Waals surface area contributed by atoms with Crippen molar-refractivity contribution in [2.24, 2.45) is 0 Å². The second-order valence-corrected chi connectivity index (χ2v) is 6.22. The minimum atomic E-state index is -0.439. The van der Waals surface area contributed by atoms with Gasteiger partial charge < -0.3 is 9.47 Å². The number of hydrogen-bond donors (Lipinski definition) is 0. The first-order chi connectivity index (χ1) is 9.59. The summed E-state index contributed by atoms with van der Waals surface area (Å²) in [6.45, 7) is 8.43. The highest BCUT2D eigenvalue weighted by molar-refractivity contribution is 5.02. The van der Waals surface area contributed by atoms with Gasteiger partial charge in [0.1, 0.15) is 0 Å². The van der Waals surface area contributed by atoms with Crippen molar-refractivity contribution in [2.45, 2.75) is 103 Å². The highest BCUT2D eigenvalue weighted by Crippen LogP contribution is 2.32. The van der Waals surface area contributed by atoms with Crippen LogP contribution in [0, 0.1) is 11.8 Å². The van der Waals surface area contributed by atoms with Crippen LogP contribution in [-0.2, 0) is 9.47 Å². The Morgan fingerprint density at radius 2 is 1.55 bits per heavy atom. The molecule has 1 rings (SSSR count). The van der Waals surface area contributed by atoms with Gasteiger partial charge in [-0.2, -0.15) is 0 Å². The summed E-state index contributed by atoms with van der Waals surface area (Å²) in [6, 6.07) is 0. The van der Waals surface area contributed by atoms with Crippen molar-refractivity contribution >= 4 is 0 Å². The molecule has 1 heterocycles. The highest BCUT2D eigenvalue weighted by Gasteiger charge is 2.40. The lowest BCUT2D eigenvalue weighted by molar-refractivity contribution is -0.146. The van der Waals surface area contributed by atoms with Crippen molar-refractivity contribution < 1.29 is 9.47 Å². The Morgan fingerprint density at radius 1 is 0.850 bits per heavy atom. The Hall–Kier alpha value is -0.520. The highest BCUT2D eigenvalue weighted by atomic mass is 16.7. The van der Waals surface area contributed by atoms with Crippen LogP contribution in [0.1, 0.15) is 85.5 Å². The largest absolute Gasteiger partial charge is 0.345 e. The summed E-state index contributed by atoms with van der Waals surface area (Å²) in [6.07, 6.45) is 10.9. The van der Waals surface area contributed by atoms with E-state index in [1.54, 1.807) is 0 Å². The van der Waals surface area contributed by atoms with Gasteiger partial charge in [0.25, 0.3) is 0 Å². The lowest BCUT2D eigenvalue weighted by Gasteiger charge is -2.16. The van der Waals surface area contributed by atoms with Crippen LogP contribution in [-0.4, -0.2) is 18.0 Å². The molecule has 2 unspecified atom stereocenters. The molecule has 0 aromatic rings. The van der Waals surface area contributed by atoms with E-state index < -0.39 is 5.79 Å². The molecule has 1 aliphatic heterocycles. The molecule has 0 aromatic heterocycles. The van der Waals surface area contributed by atoms with Crippen LogP contribution in [0.5, 0.6) is 0 Å². The molecular weight excluding hydrogens is 248 g/mol. The standard InChI is InChI=1S/C18H32O2/c1-5-7-9-11-13-15-17-16(14-12-10-8-6-2)19-18(3,4)20-17/h16-17H,5-9,11,13-15H2,1-4H3. The molecule has 116 valence electrons. The minimum Gasteiger partial charge on any atom is -0.345 e. The fourth-order valence-corrected chi connectivity index (χ4v) is 2.66. The van der Waals surface area contributed by atoms with Crippen molar-refractivity contribution in [3.05, 3.63) is 0 Å². The summed E-state index contributed by atoms with van der Waals surface area (Å²) in [5, 5.41) is 0. The molecule has 0 amide bonds. The molecule has 0 saturated carbocycles. The van der Waals surface area contributed by atoms with Gasteiger partial charge in [0.15, 0.2) is 5.79 Å². The van der Waals surface area contributed by atoms with E-state index in [9.17, 15) is 0 Å². The van der Waals surface area contributed by atoms with E-state index in [1.165, 1.54) is 32.1 Å². The Labute approximate surface area is 125 Å². The zero-order valence-electron chi connectivity index (χ0n) is 13.8. The van der Waals surface area contributed by atoms with Gasteiger partial charge in [-0.05, 0) is 26.7 Å². The molecule has 2 atom stereocenters. The third-order valence-corrected chi connectivity index (χ3v) is 3.68. The quantitative estimate of drug-likeness (QED) is 0.457. The van der Waals surface area contributed by atoms with Crippen molar-refractivity contribution in [3.63, 3.8) is 0 Å². The molecular formula is C18H32O2. The van der Waals surface area contributed by atoms with Gasteiger partial charge in [-0.3, -0.25) is 0 Å². The van der Waals surface area contributed by atoms with Gasteiger partial charge in [0, 0.05) is 12.8 Å². The van der Waals surface area contributed by atoms with Gasteiger partial charge in [-0.25, -0.2) is 0 Å². The fourth-order valence-electron chi connectivity index (χ4n) is 2.66. The molecule has 0 bridgehead atoms. The molecule has 2 nitrogen and oxygen atoms in total. The maximum absolute atomic E-state index is 6.03. The van der Waals surface area contributed by atoms with E-state index in [4.69, 9.17) is 9.47 Å². The summed E-state index contributed by atoms with van der Waals surface area (Å²) >= 11 is 0. The smallest absolute Gasteiger partial charge is 0.163 e. The first kappa shape index (κ1) is 17.5. The zero-order chi connectivity index (χ0) is 14.8. The summed E-state index contributed by atoms with van der Waals surface area (Å²) in [5.41, 5.74) is 0. The molecule has 1 aliphatic rings. The summed E-state index contributed by atoms with van der Waals surface area (Å²) in [4.78, 5) is 0. The first-order valence-corrected chi connectivity index (χ1v) is 8.40. The molecule has 1 saturated heterocycles. The average molecular weight is 280 g/mol. The van der Waals surface area contributed by atoms with Crippen LogP contribution in [0.15, 0.2) is 0 Å². The molecule has 0 aromatic carbocycles. The normalized spacial score (nSPS) is 24.4. The first-order valence-electron chi connectivity index (χ1n) is 8.40. The third kappa shape index (κ3) is 6.77. The van der Waals surface area contributed by atoms with Gasteiger partial charge in [0.2, 0.25) is 0 Å². The fraction of sp³-hybridized carbons (Fsp3) is 0.889. The molecule has 0 radical (unpaired) electrons. The summed E-state index contributed by atoms with van der Waals surface area (Å²) in [5.74, 6) is 6.02. The van der Waals surface area contributed by atoms with E-state index in [1.807, 2.05) is 13.8 Å². The van der Waals surface area contributed by atoms with Crippen LogP contribution in [0.3, 0.4) is 0 Å². The average Bonchev–Trinajstić information content (AvgIpc) is 2.69. The van der Waals surface area contributed by atoms with E-state index in [0.29, 0.717) is 0 Å². The number of unbranched alkanes of at least 4 members (excludes halogenated alkanes) is 5. The SMILES string of the molecule is CCCC#CCC1OC(C)(C)OC1CCCCCCC. The molecule has 20 heavy (non-hydrogen) atoms. The maximum atomic E-state index is 6.03. The van der Waals surface area contributed by atoms with Crippen LogP contribution < -0.4 is 0 Å². The van der Waals surface area contributed by atoms with Crippen molar-refractivity contribution in [1.82, 2.24) is 0 Å². The topological polar surface area (TPSA) is 18.5 Å². The second kappa shape index (κ2) is 9.42. The predicted octanol–water partition coefficient (Wildman–Crippen LogP) is 5.06. The molecule has 0 N–H and O–H groups in total. The number of rotatable bonds is 8. The van der Waals surface area contributed by atoms with Crippen LogP contribution >= 0.6 is 0 Å². The molecule has 2 heteroatoms. The molecule has 0 spiro atoms. The van der Waals surface area contributed by atoms with Gasteiger partial charge in [-0.1, -0.05) is 46.0 Å². The van der Waals surface area contributed by atoms with E-state index in [2.05, 4.69) is 25.7 Å². The van der Waals surface area contributed by atoms with Gasteiger partial charge in [0.05, 0.1) is 12.2 Å². The molecule has 1 fully saturated rings. The van der Waals surface area contributed by atoms with Crippen LogP contribution in [0.25, 0.3) is 0 Å². The second-order valence-electron chi connectivity index (χ2n) is 6.22. The monoisotopic (exact) mass is 280 g/mol. The van der Waals surface area contributed by atoms with E-state index in [-0.39, 0.29) is 12.2 Å². The predicted molar refractivity (Wildman–Crippen MR) is 84.5 cm³/mol. The summed E-state index contributed by atoms with van der Waals surface area (Å²) < 4.78 is 12.0. The maximum Gasteiger partial charge on any atom is 0.163 e. The van der Waals surface area contributed by atoms with Crippen LogP contribution in [0.4, 0.5) is 0 Å². The summed E-state index contributed by atoms with van der Waals surface area (Å²) in [7, 11) is 0. The van der Waals surface area contributed by atoms with Crippen molar-refractivity contribution in [2.75, 3.05) is 0 Å².